The van der Waals surface area contributed by atoms with E-state index in [0.717, 1.165) is 10.0 Å². The number of halogens is 1. The van der Waals surface area contributed by atoms with Gasteiger partial charge in [0.05, 0.1) is 12.7 Å². The summed E-state index contributed by atoms with van der Waals surface area (Å²) in [6.07, 6.45) is 2.97. The lowest BCUT2D eigenvalue weighted by Gasteiger charge is -2.08. The van der Waals surface area contributed by atoms with Gasteiger partial charge in [0, 0.05) is 17.4 Å². The van der Waals surface area contributed by atoms with E-state index in [1.807, 2.05) is 6.07 Å². The molecule has 19 heavy (non-hydrogen) atoms. The Hall–Kier alpha value is -1.36. The van der Waals surface area contributed by atoms with Crippen molar-refractivity contribution < 1.29 is 14.3 Å². The van der Waals surface area contributed by atoms with E-state index in [4.69, 9.17) is 0 Å². The zero-order chi connectivity index (χ0) is 13.8. The lowest BCUT2D eigenvalue weighted by Crippen LogP contribution is -2.23. The van der Waals surface area contributed by atoms with Crippen molar-refractivity contribution in [2.45, 2.75) is 25.8 Å². The Morgan fingerprint density at radius 2 is 2.16 bits per heavy atom. The number of nitrogens with one attached hydrogen (secondary N) is 1. The first-order valence-corrected chi connectivity index (χ1v) is 7.03. The van der Waals surface area contributed by atoms with Gasteiger partial charge in [-0.3, -0.25) is 4.79 Å². The maximum Gasteiger partial charge on any atom is 0.337 e. The summed E-state index contributed by atoms with van der Waals surface area (Å²) >= 11 is 3.40. The summed E-state index contributed by atoms with van der Waals surface area (Å²) < 4.78 is 5.44. The Morgan fingerprint density at radius 3 is 2.74 bits per heavy atom. The number of rotatable bonds is 5. The zero-order valence-electron chi connectivity index (χ0n) is 10.7. The second-order valence-corrected chi connectivity index (χ2v) is 5.58. The van der Waals surface area contributed by atoms with Crippen LogP contribution in [0.15, 0.2) is 22.7 Å². The van der Waals surface area contributed by atoms with E-state index in [1.54, 1.807) is 12.1 Å². The fraction of sp³-hybridized carbons (Fsp3) is 0.429. The average Bonchev–Trinajstić information content (AvgIpc) is 3.20. The molecule has 1 aromatic carbocycles. The van der Waals surface area contributed by atoms with Gasteiger partial charge in [0.2, 0.25) is 5.91 Å². The summed E-state index contributed by atoms with van der Waals surface area (Å²) in [5.41, 5.74) is 1.43. The summed E-state index contributed by atoms with van der Waals surface area (Å²) in [4.78, 5) is 23.0. The number of esters is 1. The number of benzene rings is 1. The number of ether oxygens (including phenoxy) is 1. The standard InChI is InChI=1S/C14H16BrNO3/c1-19-14(18)10-4-5-11(12(15)7-10)8-16-13(17)6-9-2-3-9/h4-5,7,9H,2-3,6,8H2,1H3,(H,16,17). The van der Waals surface area contributed by atoms with Crippen molar-refractivity contribution in [1.29, 1.82) is 0 Å². The summed E-state index contributed by atoms with van der Waals surface area (Å²) in [7, 11) is 1.35. The lowest BCUT2D eigenvalue weighted by molar-refractivity contribution is -0.121. The van der Waals surface area contributed by atoms with E-state index in [2.05, 4.69) is 26.0 Å². The van der Waals surface area contributed by atoms with Crippen LogP contribution in [0.4, 0.5) is 0 Å². The second kappa shape index (κ2) is 6.19. The van der Waals surface area contributed by atoms with Gasteiger partial charge in [-0.15, -0.1) is 0 Å². The highest BCUT2D eigenvalue weighted by molar-refractivity contribution is 9.10. The van der Waals surface area contributed by atoms with Gasteiger partial charge in [0.1, 0.15) is 0 Å². The highest BCUT2D eigenvalue weighted by Gasteiger charge is 2.24. The number of carbonyl (C=O) groups excluding carboxylic acids is 2. The molecule has 0 saturated heterocycles. The van der Waals surface area contributed by atoms with Crippen molar-refractivity contribution in [2.75, 3.05) is 7.11 Å². The van der Waals surface area contributed by atoms with E-state index in [0.29, 0.717) is 24.4 Å². The molecule has 1 aromatic rings. The molecule has 0 heterocycles. The van der Waals surface area contributed by atoms with Gasteiger partial charge >= 0.3 is 5.97 Å². The molecule has 0 aromatic heterocycles. The van der Waals surface area contributed by atoms with Crippen molar-refractivity contribution in [3.8, 4) is 0 Å². The van der Waals surface area contributed by atoms with E-state index in [9.17, 15) is 9.59 Å². The molecule has 0 aliphatic heterocycles. The van der Waals surface area contributed by atoms with Crippen LogP contribution in [0, 0.1) is 5.92 Å². The molecule has 0 spiro atoms. The van der Waals surface area contributed by atoms with Crippen LogP contribution < -0.4 is 5.32 Å². The van der Waals surface area contributed by atoms with Crippen molar-refractivity contribution in [3.05, 3.63) is 33.8 Å². The van der Waals surface area contributed by atoms with Crippen molar-refractivity contribution in [1.82, 2.24) is 5.32 Å². The largest absolute Gasteiger partial charge is 0.465 e. The molecular weight excluding hydrogens is 310 g/mol. The van der Waals surface area contributed by atoms with E-state index < -0.39 is 0 Å². The van der Waals surface area contributed by atoms with Crippen LogP contribution in [0.5, 0.6) is 0 Å². The van der Waals surface area contributed by atoms with Gasteiger partial charge in [-0.2, -0.15) is 0 Å². The summed E-state index contributed by atoms with van der Waals surface area (Å²) in [6, 6.07) is 5.21. The summed E-state index contributed by atoms with van der Waals surface area (Å²) in [6.45, 7) is 0.466. The van der Waals surface area contributed by atoms with Crippen LogP contribution in [0.1, 0.15) is 35.2 Å². The monoisotopic (exact) mass is 325 g/mol. The number of carbonyl (C=O) groups is 2. The zero-order valence-corrected chi connectivity index (χ0v) is 12.3. The Bertz CT molecular complexity index is 497. The topological polar surface area (TPSA) is 55.4 Å². The van der Waals surface area contributed by atoms with Crippen LogP contribution in [0.3, 0.4) is 0 Å². The molecular formula is C14H16BrNO3. The maximum absolute atomic E-state index is 11.6. The molecule has 5 heteroatoms. The minimum atomic E-state index is -0.370. The molecule has 1 amide bonds. The van der Waals surface area contributed by atoms with E-state index in [-0.39, 0.29) is 11.9 Å². The number of hydrogen-bond acceptors (Lipinski definition) is 3. The third-order valence-electron chi connectivity index (χ3n) is 3.12. The van der Waals surface area contributed by atoms with Crippen LogP contribution in [0.2, 0.25) is 0 Å². The molecule has 0 unspecified atom stereocenters. The average molecular weight is 326 g/mol. The lowest BCUT2D eigenvalue weighted by atomic mass is 10.1. The highest BCUT2D eigenvalue weighted by atomic mass is 79.9. The number of hydrogen-bond donors (Lipinski definition) is 1. The normalized spacial score (nSPS) is 14.0. The number of amides is 1. The fourth-order valence-corrected chi connectivity index (χ4v) is 2.30. The Labute approximate surface area is 120 Å². The predicted molar refractivity (Wildman–Crippen MR) is 74.7 cm³/mol. The van der Waals surface area contributed by atoms with Gasteiger partial charge in [0.25, 0.3) is 0 Å². The SMILES string of the molecule is COC(=O)c1ccc(CNC(=O)CC2CC2)c(Br)c1. The first-order valence-electron chi connectivity index (χ1n) is 6.23. The van der Waals surface area contributed by atoms with Gasteiger partial charge in [-0.1, -0.05) is 22.0 Å². The van der Waals surface area contributed by atoms with Crippen LogP contribution in [-0.2, 0) is 16.1 Å². The third-order valence-corrected chi connectivity index (χ3v) is 3.86. The van der Waals surface area contributed by atoms with Gasteiger partial charge in [-0.05, 0) is 36.5 Å². The molecule has 4 nitrogen and oxygen atoms in total. The molecule has 1 aliphatic rings. The Morgan fingerprint density at radius 1 is 1.42 bits per heavy atom. The molecule has 1 saturated carbocycles. The molecule has 0 atom stereocenters. The minimum Gasteiger partial charge on any atom is -0.465 e. The minimum absolute atomic E-state index is 0.0893. The Kier molecular flexibility index (Phi) is 4.58. The van der Waals surface area contributed by atoms with Crippen LogP contribution >= 0.6 is 15.9 Å². The number of methoxy groups -OCH3 is 1. The molecule has 1 N–H and O–H groups in total. The van der Waals surface area contributed by atoms with Crippen molar-refractivity contribution in [2.24, 2.45) is 5.92 Å². The molecule has 0 bridgehead atoms. The van der Waals surface area contributed by atoms with E-state index >= 15 is 0 Å². The van der Waals surface area contributed by atoms with Crippen LogP contribution in [0.25, 0.3) is 0 Å². The van der Waals surface area contributed by atoms with Gasteiger partial charge in [0.15, 0.2) is 0 Å². The second-order valence-electron chi connectivity index (χ2n) is 4.72. The quantitative estimate of drug-likeness (QED) is 0.847. The van der Waals surface area contributed by atoms with Crippen molar-refractivity contribution >= 4 is 27.8 Å². The smallest absolute Gasteiger partial charge is 0.337 e. The first kappa shape index (κ1) is 14.1. The maximum atomic E-state index is 11.6. The molecule has 0 radical (unpaired) electrons. The van der Waals surface area contributed by atoms with Crippen molar-refractivity contribution in [3.63, 3.8) is 0 Å². The summed E-state index contributed by atoms with van der Waals surface area (Å²) in [5, 5.41) is 2.89. The van der Waals surface area contributed by atoms with Gasteiger partial charge in [-0.25, -0.2) is 4.79 Å². The first-order chi connectivity index (χ1) is 9.10. The van der Waals surface area contributed by atoms with E-state index in [1.165, 1.54) is 20.0 Å². The molecule has 2 rings (SSSR count). The Balaban J connectivity index is 1.92. The predicted octanol–water partition coefficient (Wildman–Crippen LogP) is 2.65. The molecule has 1 fully saturated rings. The molecule has 1 aliphatic carbocycles. The summed E-state index contributed by atoms with van der Waals surface area (Å²) in [5.74, 6) is 0.307. The third kappa shape index (κ3) is 4.06. The van der Waals surface area contributed by atoms with Crippen LogP contribution in [-0.4, -0.2) is 19.0 Å². The molecule has 102 valence electrons. The fourth-order valence-electron chi connectivity index (χ4n) is 1.79. The highest BCUT2D eigenvalue weighted by Crippen LogP contribution is 2.32. The van der Waals surface area contributed by atoms with Gasteiger partial charge < -0.3 is 10.1 Å².